The van der Waals surface area contributed by atoms with Crippen molar-refractivity contribution in [2.24, 2.45) is 17.3 Å². The maximum atomic E-state index is 6.56. The molecule has 0 unspecified atom stereocenters. The van der Waals surface area contributed by atoms with Gasteiger partial charge >= 0.3 is 7.12 Å². The van der Waals surface area contributed by atoms with Crippen LogP contribution in [0.2, 0.25) is 0 Å². The minimum atomic E-state index is -0.165. The summed E-state index contributed by atoms with van der Waals surface area (Å²) in [4.78, 5) is 0. The molecule has 4 fully saturated rings. The lowest BCUT2D eigenvalue weighted by Crippen LogP contribution is -2.65. The predicted molar refractivity (Wildman–Crippen MR) is 94.3 cm³/mol. The lowest BCUT2D eigenvalue weighted by molar-refractivity contribution is -0.199. The minimum absolute atomic E-state index is 0.0968. The van der Waals surface area contributed by atoms with E-state index >= 15 is 0 Å². The quantitative estimate of drug-likeness (QED) is 0.482. The van der Waals surface area contributed by atoms with Gasteiger partial charge in [-0.25, -0.2) is 0 Å². The summed E-state index contributed by atoms with van der Waals surface area (Å²) in [5.74, 6) is 1.44. The topological polar surface area (TPSA) is 27.7 Å². The Morgan fingerprint density at radius 1 is 1.13 bits per heavy atom. The lowest BCUT2D eigenvalue weighted by atomic mass is 9.43. The number of unbranched alkanes of at least 4 members (excludes halogenated alkanes) is 3. The molecule has 2 bridgehead atoms. The molecular formula is C19H35BO3. The Labute approximate surface area is 143 Å². The smallest absolute Gasteiger partial charge is 0.404 e. The van der Waals surface area contributed by atoms with Crippen LogP contribution in [0.15, 0.2) is 0 Å². The van der Waals surface area contributed by atoms with Crippen LogP contribution in [0.3, 0.4) is 0 Å². The molecule has 3 saturated carbocycles. The summed E-state index contributed by atoms with van der Waals surface area (Å²) in [7, 11) is -0.165. The van der Waals surface area contributed by atoms with Gasteiger partial charge in [0, 0.05) is 6.61 Å². The summed E-state index contributed by atoms with van der Waals surface area (Å²) in [6.45, 7) is 12.2. The molecular weight excluding hydrogens is 287 g/mol. The molecule has 0 aromatic heterocycles. The fourth-order valence-electron chi connectivity index (χ4n) is 5.34. The third-order valence-corrected chi connectivity index (χ3v) is 7.00. The van der Waals surface area contributed by atoms with Gasteiger partial charge in [-0.15, -0.1) is 0 Å². The van der Waals surface area contributed by atoms with E-state index in [-0.39, 0.29) is 24.8 Å². The van der Waals surface area contributed by atoms with Gasteiger partial charge < -0.3 is 14.0 Å². The Bertz CT molecular complexity index is 413. The van der Waals surface area contributed by atoms with Gasteiger partial charge in [-0.1, -0.05) is 46.5 Å². The fourth-order valence-corrected chi connectivity index (χ4v) is 5.34. The largest absolute Gasteiger partial charge is 0.488 e. The van der Waals surface area contributed by atoms with E-state index in [1.165, 1.54) is 32.1 Å². The van der Waals surface area contributed by atoms with Crippen molar-refractivity contribution >= 4 is 7.12 Å². The highest BCUT2D eigenvalue weighted by Crippen LogP contribution is 2.65. The maximum Gasteiger partial charge on any atom is 0.488 e. The van der Waals surface area contributed by atoms with E-state index in [0.717, 1.165) is 25.4 Å². The summed E-state index contributed by atoms with van der Waals surface area (Å²) in [6.07, 6.45) is 8.86. The molecule has 3 nitrogen and oxygen atoms in total. The van der Waals surface area contributed by atoms with Gasteiger partial charge in [0.15, 0.2) is 0 Å². The highest BCUT2D eigenvalue weighted by molar-refractivity contribution is 6.47. The molecule has 1 saturated heterocycles. The number of hydrogen-bond donors (Lipinski definition) is 0. The van der Waals surface area contributed by atoms with Crippen LogP contribution in [0.5, 0.6) is 0 Å². The van der Waals surface area contributed by atoms with Crippen molar-refractivity contribution in [3.8, 4) is 0 Å². The van der Waals surface area contributed by atoms with E-state index in [9.17, 15) is 0 Å². The van der Waals surface area contributed by atoms with Crippen molar-refractivity contribution in [2.45, 2.75) is 97.3 Å². The normalized spacial score (nSPS) is 39.0. The molecule has 132 valence electrons. The molecule has 0 spiro atoms. The van der Waals surface area contributed by atoms with Crippen molar-refractivity contribution in [1.82, 2.24) is 0 Å². The summed E-state index contributed by atoms with van der Waals surface area (Å²) in [5, 5.41) is 0. The third-order valence-electron chi connectivity index (χ3n) is 7.00. The first-order chi connectivity index (χ1) is 10.9. The summed E-state index contributed by atoms with van der Waals surface area (Å²) >= 11 is 0. The number of ether oxygens (including phenoxy) is 1. The van der Waals surface area contributed by atoms with Crippen LogP contribution in [-0.2, 0) is 14.0 Å². The van der Waals surface area contributed by atoms with E-state index in [0.29, 0.717) is 11.3 Å². The van der Waals surface area contributed by atoms with Crippen LogP contribution in [0.25, 0.3) is 0 Å². The van der Waals surface area contributed by atoms with E-state index in [1.54, 1.807) is 0 Å². The van der Waals surface area contributed by atoms with Crippen LogP contribution < -0.4 is 0 Å². The second-order valence-electron chi connectivity index (χ2n) is 8.68. The van der Waals surface area contributed by atoms with Gasteiger partial charge in [0.05, 0.1) is 17.7 Å². The first-order valence-electron chi connectivity index (χ1n) is 9.88. The van der Waals surface area contributed by atoms with Crippen molar-refractivity contribution in [1.29, 1.82) is 0 Å². The Morgan fingerprint density at radius 3 is 2.57 bits per heavy atom. The summed E-state index contributed by atoms with van der Waals surface area (Å²) in [5.41, 5.74) is 0.299. The molecule has 0 aromatic carbocycles. The molecule has 0 aromatic rings. The predicted octanol–water partition coefficient (Wildman–Crippen LogP) is 4.63. The molecule has 0 N–H and O–H groups in total. The van der Waals surface area contributed by atoms with Crippen LogP contribution in [-0.4, -0.2) is 31.4 Å². The van der Waals surface area contributed by atoms with E-state index in [4.69, 9.17) is 14.0 Å². The monoisotopic (exact) mass is 322 g/mol. The van der Waals surface area contributed by atoms with Crippen LogP contribution in [0, 0.1) is 17.3 Å². The van der Waals surface area contributed by atoms with Crippen LogP contribution in [0.1, 0.15) is 79.6 Å². The van der Waals surface area contributed by atoms with Gasteiger partial charge in [-0.05, 0) is 50.4 Å². The van der Waals surface area contributed by atoms with Gasteiger partial charge in [-0.2, -0.15) is 0 Å². The van der Waals surface area contributed by atoms with Crippen molar-refractivity contribution in [2.75, 3.05) is 6.61 Å². The highest BCUT2D eigenvalue weighted by atomic mass is 16.7. The van der Waals surface area contributed by atoms with E-state index in [2.05, 4.69) is 34.6 Å². The van der Waals surface area contributed by atoms with Gasteiger partial charge in [0.1, 0.15) is 0 Å². The first kappa shape index (κ1) is 17.8. The molecule has 4 rings (SSSR count). The summed E-state index contributed by atoms with van der Waals surface area (Å²) in [6, 6.07) is 0.0968. The van der Waals surface area contributed by atoms with Gasteiger partial charge in [0.25, 0.3) is 0 Å². The molecule has 0 radical (unpaired) electrons. The second-order valence-corrected chi connectivity index (χ2v) is 8.68. The third kappa shape index (κ3) is 3.00. The zero-order valence-electron chi connectivity index (χ0n) is 15.8. The highest BCUT2D eigenvalue weighted by Gasteiger charge is 2.68. The van der Waals surface area contributed by atoms with Crippen molar-refractivity contribution in [3.05, 3.63) is 0 Å². The molecule has 23 heavy (non-hydrogen) atoms. The standard InChI is InChI=1S/C19H35BO3/c1-6-8-9-10-11-17(21-7-2)20-22-16-13-14-12-15(18(14,3)4)19(16,5)23-20/h14-17H,6-13H2,1-5H3/t14-,15-,16+,17+,19-/m0/s1. The van der Waals surface area contributed by atoms with E-state index < -0.39 is 0 Å². The average Bonchev–Trinajstić information content (AvgIpc) is 2.86. The molecule has 4 aliphatic rings. The first-order valence-corrected chi connectivity index (χ1v) is 9.88. The van der Waals surface area contributed by atoms with Crippen molar-refractivity contribution in [3.63, 3.8) is 0 Å². The van der Waals surface area contributed by atoms with E-state index in [1.807, 2.05) is 0 Å². The Balaban J connectivity index is 1.62. The average molecular weight is 322 g/mol. The molecule has 5 atom stereocenters. The van der Waals surface area contributed by atoms with Gasteiger partial charge in [0.2, 0.25) is 0 Å². The zero-order valence-corrected chi connectivity index (χ0v) is 15.8. The fraction of sp³-hybridized carbons (Fsp3) is 1.00. The van der Waals surface area contributed by atoms with Crippen molar-refractivity contribution < 1.29 is 14.0 Å². The molecule has 1 aliphatic heterocycles. The Hall–Kier alpha value is -0.0551. The summed E-state index contributed by atoms with van der Waals surface area (Å²) < 4.78 is 19.0. The number of rotatable bonds is 8. The lowest BCUT2D eigenvalue weighted by Gasteiger charge is -2.64. The molecule has 3 aliphatic carbocycles. The van der Waals surface area contributed by atoms with Gasteiger partial charge in [-0.3, -0.25) is 0 Å². The SMILES string of the molecule is CCCCCC[C@@H](OCC)B1O[C@@H]2C[C@@H]3C[C@@H](C3(C)C)[C@]2(C)O1. The molecule has 4 heteroatoms. The molecule has 0 amide bonds. The van der Waals surface area contributed by atoms with Crippen LogP contribution in [0.4, 0.5) is 0 Å². The zero-order chi connectivity index (χ0) is 16.7. The minimum Gasteiger partial charge on any atom is -0.404 e. The maximum absolute atomic E-state index is 6.56. The Morgan fingerprint density at radius 2 is 1.91 bits per heavy atom. The second kappa shape index (κ2) is 6.69. The molecule has 1 heterocycles. The Kier molecular flexibility index (Phi) is 5.16. The van der Waals surface area contributed by atoms with Crippen LogP contribution >= 0.6 is 0 Å². The number of hydrogen-bond acceptors (Lipinski definition) is 3.